The number of hydrogen-bond donors (Lipinski definition) is 0. The fourth-order valence-corrected chi connectivity index (χ4v) is 4.45. The Hall–Kier alpha value is -1.90. The first-order chi connectivity index (χ1) is 11.7. The molecule has 1 amide bonds. The van der Waals surface area contributed by atoms with E-state index in [-0.39, 0.29) is 11.3 Å². The topological polar surface area (TPSA) is 56.6 Å². The van der Waals surface area contributed by atoms with Gasteiger partial charge in [0.1, 0.15) is 0 Å². The van der Waals surface area contributed by atoms with Gasteiger partial charge >= 0.3 is 0 Å². The zero-order valence-corrected chi connectivity index (χ0v) is 13.9. The number of nitrogens with zero attached hydrogens (tertiary/aromatic N) is 3. The van der Waals surface area contributed by atoms with Crippen molar-refractivity contribution in [1.82, 2.24) is 4.90 Å². The number of ether oxygens (including phenoxy) is 1. The third kappa shape index (κ3) is 2.81. The zero-order valence-electron chi connectivity index (χ0n) is 13.9. The van der Waals surface area contributed by atoms with Crippen LogP contribution in [0, 0.1) is 16.7 Å². The molecular weight excluding hydrogens is 302 g/mol. The highest BCUT2D eigenvalue weighted by atomic mass is 16.5. The van der Waals surface area contributed by atoms with Gasteiger partial charge in [0.05, 0.1) is 11.6 Å². The fourth-order valence-electron chi connectivity index (χ4n) is 4.45. The molecule has 3 saturated heterocycles. The van der Waals surface area contributed by atoms with Crippen LogP contribution in [0.15, 0.2) is 24.3 Å². The molecule has 3 aliphatic rings. The second kappa shape index (κ2) is 6.19. The summed E-state index contributed by atoms with van der Waals surface area (Å²) >= 11 is 0. The van der Waals surface area contributed by atoms with Crippen molar-refractivity contribution in [1.29, 1.82) is 5.26 Å². The lowest BCUT2D eigenvalue weighted by molar-refractivity contribution is -0.117. The van der Waals surface area contributed by atoms with Gasteiger partial charge < -0.3 is 9.64 Å². The standard InChI is InChI=1S/C19H23N3O2/c20-12-15-1-3-17(4-2-15)22-14-19(11-18(22)23)7-8-21(13-19)16-5-9-24-10-6-16/h1-4,16H,5-11,13-14H2. The molecule has 0 N–H and O–H groups in total. The van der Waals surface area contributed by atoms with Gasteiger partial charge in [-0.2, -0.15) is 5.26 Å². The highest BCUT2D eigenvalue weighted by Crippen LogP contribution is 2.43. The van der Waals surface area contributed by atoms with Crippen molar-refractivity contribution in [2.24, 2.45) is 5.41 Å². The first kappa shape index (κ1) is 15.6. The first-order valence-electron chi connectivity index (χ1n) is 8.81. The van der Waals surface area contributed by atoms with Crippen molar-refractivity contribution in [2.75, 3.05) is 37.7 Å². The molecule has 3 fully saturated rings. The van der Waals surface area contributed by atoms with Gasteiger partial charge in [-0.1, -0.05) is 0 Å². The lowest BCUT2D eigenvalue weighted by Crippen LogP contribution is -2.40. The Morgan fingerprint density at radius 3 is 2.62 bits per heavy atom. The molecule has 0 saturated carbocycles. The molecule has 126 valence electrons. The number of amides is 1. The van der Waals surface area contributed by atoms with E-state index >= 15 is 0 Å². The van der Waals surface area contributed by atoms with Gasteiger partial charge in [-0.15, -0.1) is 0 Å². The normalized spacial score (nSPS) is 28.6. The average Bonchev–Trinajstić information content (AvgIpc) is 3.19. The van der Waals surface area contributed by atoms with Crippen LogP contribution in [0.1, 0.15) is 31.2 Å². The van der Waals surface area contributed by atoms with Gasteiger partial charge in [-0.3, -0.25) is 9.69 Å². The number of hydrogen-bond acceptors (Lipinski definition) is 4. The molecule has 1 atom stereocenters. The summed E-state index contributed by atoms with van der Waals surface area (Å²) in [6.07, 6.45) is 3.97. The Morgan fingerprint density at radius 2 is 1.92 bits per heavy atom. The van der Waals surface area contributed by atoms with E-state index in [1.165, 1.54) is 0 Å². The third-order valence-electron chi connectivity index (χ3n) is 5.80. The molecule has 1 aromatic rings. The molecule has 0 aliphatic carbocycles. The number of nitriles is 1. The minimum atomic E-state index is 0.100. The molecule has 1 spiro atoms. The molecule has 1 unspecified atom stereocenters. The molecule has 3 aliphatic heterocycles. The van der Waals surface area contributed by atoms with E-state index in [4.69, 9.17) is 10.00 Å². The predicted octanol–water partition coefficient (Wildman–Crippen LogP) is 2.17. The van der Waals surface area contributed by atoms with Gasteiger partial charge in [-0.05, 0) is 50.1 Å². The predicted molar refractivity (Wildman–Crippen MR) is 90.6 cm³/mol. The van der Waals surface area contributed by atoms with Crippen LogP contribution < -0.4 is 4.90 Å². The van der Waals surface area contributed by atoms with Crippen molar-refractivity contribution in [3.05, 3.63) is 29.8 Å². The van der Waals surface area contributed by atoms with Crippen LogP contribution in [-0.4, -0.2) is 49.7 Å². The Bertz CT molecular complexity index is 660. The van der Waals surface area contributed by atoms with Gasteiger partial charge in [0.25, 0.3) is 0 Å². The third-order valence-corrected chi connectivity index (χ3v) is 5.80. The minimum absolute atomic E-state index is 0.100. The van der Waals surface area contributed by atoms with E-state index < -0.39 is 0 Å². The van der Waals surface area contributed by atoms with Crippen LogP contribution in [-0.2, 0) is 9.53 Å². The van der Waals surface area contributed by atoms with Crippen LogP contribution >= 0.6 is 0 Å². The monoisotopic (exact) mass is 325 g/mol. The quantitative estimate of drug-likeness (QED) is 0.836. The molecule has 24 heavy (non-hydrogen) atoms. The minimum Gasteiger partial charge on any atom is -0.381 e. The number of rotatable bonds is 2. The molecule has 5 heteroatoms. The smallest absolute Gasteiger partial charge is 0.227 e. The van der Waals surface area contributed by atoms with E-state index in [2.05, 4.69) is 11.0 Å². The summed E-state index contributed by atoms with van der Waals surface area (Å²) in [5, 5.41) is 8.92. The Morgan fingerprint density at radius 1 is 1.17 bits per heavy atom. The Balaban J connectivity index is 1.46. The highest BCUT2D eigenvalue weighted by molar-refractivity contribution is 5.96. The number of likely N-dealkylation sites (tertiary alicyclic amines) is 1. The largest absolute Gasteiger partial charge is 0.381 e. The van der Waals surface area contributed by atoms with Crippen molar-refractivity contribution < 1.29 is 9.53 Å². The number of carbonyl (C=O) groups is 1. The Kier molecular flexibility index (Phi) is 4.03. The highest BCUT2D eigenvalue weighted by Gasteiger charge is 2.48. The molecule has 3 heterocycles. The van der Waals surface area contributed by atoms with Gasteiger partial charge in [-0.25, -0.2) is 0 Å². The van der Waals surface area contributed by atoms with Crippen LogP contribution in [0.2, 0.25) is 0 Å². The number of benzene rings is 1. The summed E-state index contributed by atoms with van der Waals surface area (Å²) in [6.45, 7) is 4.65. The summed E-state index contributed by atoms with van der Waals surface area (Å²) in [5.41, 5.74) is 1.65. The van der Waals surface area contributed by atoms with E-state index in [1.54, 1.807) is 12.1 Å². The van der Waals surface area contributed by atoms with Gasteiger partial charge in [0, 0.05) is 49.9 Å². The zero-order chi connectivity index (χ0) is 16.6. The van der Waals surface area contributed by atoms with Gasteiger partial charge in [0.2, 0.25) is 5.91 Å². The van der Waals surface area contributed by atoms with Crippen LogP contribution in [0.4, 0.5) is 5.69 Å². The number of carbonyl (C=O) groups excluding carboxylic acids is 1. The van der Waals surface area contributed by atoms with Crippen molar-refractivity contribution >= 4 is 11.6 Å². The van der Waals surface area contributed by atoms with Crippen LogP contribution in [0.5, 0.6) is 0 Å². The lowest BCUT2D eigenvalue weighted by atomic mass is 9.86. The molecule has 5 nitrogen and oxygen atoms in total. The second-order valence-electron chi connectivity index (χ2n) is 7.38. The summed E-state index contributed by atoms with van der Waals surface area (Å²) in [5.74, 6) is 0.216. The summed E-state index contributed by atoms with van der Waals surface area (Å²) in [6, 6.07) is 10.1. The second-order valence-corrected chi connectivity index (χ2v) is 7.38. The molecular formula is C19H23N3O2. The van der Waals surface area contributed by atoms with E-state index in [9.17, 15) is 4.79 Å². The Labute approximate surface area is 142 Å². The molecule has 4 rings (SSSR count). The van der Waals surface area contributed by atoms with Crippen molar-refractivity contribution in [2.45, 2.75) is 31.7 Å². The summed E-state index contributed by atoms with van der Waals surface area (Å²) in [4.78, 5) is 17.1. The van der Waals surface area contributed by atoms with E-state index in [0.29, 0.717) is 18.0 Å². The maximum atomic E-state index is 12.6. The van der Waals surface area contributed by atoms with E-state index in [1.807, 2.05) is 17.0 Å². The van der Waals surface area contributed by atoms with Crippen molar-refractivity contribution in [3.63, 3.8) is 0 Å². The first-order valence-corrected chi connectivity index (χ1v) is 8.81. The average molecular weight is 325 g/mol. The molecule has 0 radical (unpaired) electrons. The lowest BCUT2D eigenvalue weighted by Gasteiger charge is -2.32. The van der Waals surface area contributed by atoms with E-state index in [0.717, 1.165) is 57.8 Å². The fraction of sp³-hybridized carbons (Fsp3) is 0.579. The van der Waals surface area contributed by atoms with Crippen LogP contribution in [0.3, 0.4) is 0 Å². The van der Waals surface area contributed by atoms with Crippen LogP contribution in [0.25, 0.3) is 0 Å². The molecule has 1 aromatic carbocycles. The van der Waals surface area contributed by atoms with Gasteiger partial charge in [0.15, 0.2) is 0 Å². The summed E-state index contributed by atoms with van der Waals surface area (Å²) < 4.78 is 5.48. The maximum Gasteiger partial charge on any atom is 0.227 e. The SMILES string of the molecule is N#Cc1ccc(N2CC3(CCN(C4CCOCC4)C3)CC2=O)cc1. The molecule has 0 bridgehead atoms. The number of anilines is 1. The van der Waals surface area contributed by atoms with Crippen molar-refractivity contribution in [3.8, 4) is 6.07 Å². The summed E-state index contributed by atoms with van der Waals surface area (Å²) in [7, 11) is 0. The maximum absolute atomic E-state index is 12.6. The molecule has 0 aromatic heterocycles.